The van der Waals surface area contributed by atoms with Gasteiger partial charge in [0.2, 0.25) is 5.88 Å². The molecule has 2 aromatic rings. The SMILES string of the molecule is COc1ccc(NC(=O)c2ccc(C(F)(F)F)nc2)cn1. The molecule has 0 unspecified atom stereocenters. The van der Waals surface area contributed by atoms with Crippen LogP contribution in [0.4, 0.5) is 18.9 Å². The lowest BCUT2D eigenvalue weighted by molar-refractivity contribution is -0.141. The molecular weight excluding hydrogens is 287 g/mol. The smallest absolute Gasteiger partial charge is 0.433 e. The van der Waals surface area contributed by atoms with E-state index in [-0.39, 0.29) is 5.56 Å². The zero-order chi connectivity index (χ0) is 15.5. The Morgan fingerprint density at radius 1 is 1.14 bits per heavy atom. The van der Waals surface area contributed by atoms with Crippen LogP contribution in [0.3, 0.4) is 0 Å². The summed E-state index contributed by atoms with van der Waals surface area (Å²) in [7, 11) is 1.45. The first-order valence-electron chi connectivity index (χ1n) is 5.75. The van der Waals surface area contributed by atoms with Crippen LogP contribution in [0.2, 0.25) is 0 Å². The standard InChI is InChI=1S/C13H10F3N3O2/c1-21-11-5-3-9(7-18-11)19-12(20)8-2-4-10(17-6-8)13(14,15)16/h2-7H,1H3,(H,19,20). The summed E-state index contributed by atoms with van der Waals surface area (Å²) < 4.78 is 41.9. The van der Waals surface area contributed by atoms with Crippen LogP contribution >= 0.6 is 0 Å². The number of hydrogen-bond donors (Lipinski definition) is 1. The Balaban J connectivity index is 2.09. The zero-order valence-electron chi connectivity index (χ0n) is 10.8. The van der Waals surface area contributed by atoms with Crippen LogP contribution in [0.15, 0.2) is 36.7 Å². The van der Waals surface area contributed by atoms with Gasteiger partial charge in [0.25, 0.3) is 5.91 Å². The van der Waals surface area contributed by atoms with Gasteiger partial charge in [-0.3, -0.25) is 9.78 Å². The fraction of sp³-hybridized carbons (Fsp3) is 0.154. The summed E-state index contributed by atoms with van der Waals surface area (Å²) >= 11 is 0. The number of halogens is 3. The van der Waals surface area contributed by atoms with Crippen LogP contribution in [-0.4, -0.2) is 23.0 Å². The molecular formula is C13H10F3N3O2. The van der Waals surface area contributed by atoms with Crippen molar-refractivity contribution in [1.82, 2.24) is 9.97 Å². The minimum Gasteiger partial charge on any atom is -0.481 e. The predicted molar refractivity (Wildman–Crippen MR) is 68.0 cm³/mol. The summed E-state index contributed by atoms with van der Waals surface area (Å²) in [5.41, 5.74) is -0.648. The molecule has 21 heavy (non-hydrogen) atoms. The number of nitrogens with zero attached hydrogens (tertiary/aromatic N) is 2. The molecule has 1 amide bonds. The Labute approximate surface area is 117 Å². The van der Waals surface area contributed by atoms with Gasteiger partial charge in [-0.25, -0.2) is 4.98 Å². The van der Waals surface area contributed by atoms with E-state index in [2.05, 4.69) is 15.3 Å². The number of alkyl halides is 3. The van der Waals surface area contributed by atoms with Gasteiger partial charge in [-0.1, -0.05) is 0 Å². The predicted octanol–water partition coefficient (Wildman–Crippen LogP) is 2.76. The largest absolute Gasteiger partial charge is 0.481 e. The van der Waals surface area contributed by atoms with Gasteiger partial charge in [-0.2, -0.15) is 13.2 Å². The molecule has 0 aromatic carbocycles. The van der Waals surface area contributed by atoms with Crippen molar-refractivity contribution in [3.05, 3.63) is 47.9 Å². The van der Waals surface area contributed by atoms with Crippen molar-refractivity contribution in [2.45, 2.75) is 6.18 Å². The van der Waals surface area contributed by atoms with Gasteiger partial charge in [0.1, 0.15) is 5.69 Å². The maximum absolute atomic E-state index is 12.4. The lowest BCUT2D eigenvalue weighted by atomic mass is 10.2. The molecule has 0 bridgehead atoms. The molecule has 2 heterocycles. The summed E-state index contributed by atoms with van der Waals surface area (Å²) in [5.74, 6) is -0.201. The van der Waals surface area contributed by atoms with E-state index >= 15 is 0 Å². The van der Waals surface area contributed by atoms with Crippen molar-refractivity contribution in [3.8, 4) is 5.88 Å². The Morgan fingerprint density at radius 2 is 1.90 bits per heavy atom. The Morgan fingerprint density at radius 3 is 2.38 bits per heavy atom. The second-order valence-electron chi connectivity index (χ2n) is 3.97. The molecule has 1 N–H and O–H groups in total. The average Bonchev–Trinajstić information content (AvgIpc) is 2.47. The van der Waals surface area contributed by atoms with Crippen molar-refractivity contribution in [1.29, 1.82) is 0 Å². The number of aromatic nitrogens is 2. The molecule has 0 fully saturated rings. The molecule has 5 nitrogen and oxygen atoms in total. The van der Waals surface area contributed by atoms with Crippen molar-refractivity contribution < 1.29 is 22.7 Å². The summed E-state index contributed by atoms with van der Waals surface area (Å²) in [4.78, 5) is 18.9. The van der Waals surface area contributed by atoms with Crippen LogP contribution in [0.1, 0.15) is 16.1 Å². The molecule has 0 saturated heterocycles. The molecule has 110 valence electrons. The number of rotatable bonds is 3. The van der Waals surface area contributed by atoms with Gasteiger partial charge in [-0.15, -0.1) is 0 Å². The number of carbonyl (C=O) groups excluding carboxylic acids is 1. The number of anilines is 1. The van der Waals surface area contributed by atoms with E-state index in [9.17, 15) is 18.0 Å². The number of hydrogen-bond acceptors (Lipinski definition) is 4. The third-order valence-electron chi connectivity index (χ3n) is 2.52. The molecule has 0 aliphatic heterocycles. The average molecular weight is 297 g/mol. The second kappa shape index (κ2) is 5.78. The van der Waals surface area contributed by atoms with Crippen LogP contribution in [0.5, 0.6) is 5.88 Å². The van der Waals surface area contributed by atoms with Gasteiger partial charge in [0.05, 0.1) is 24.6 Å². The zero-order valence-corrected chi connectivity index (χ0v) is 10.8. The van der Waals surface area contributed by atoms with Crippen LogP contribution < -0.4 is 10.1 Å². The normalized spacial score (nSPS) is 11.0. The van der Waals surface area contributed by atoms with Crippen molar-refractivity contribution in [2.75, 3.05) is 12.4 Å². The van der Waals surface area contributed by atoms with Crippen molar-refractivity contribution in [3.63, 3.8) is 0 Å². The first-order chi connectivity index (χ1) is 9.90. The lowest BCUT2D eigenvalue weighted by Crippen LogP contribution is -2.14. The van der Waals surface area contributed by atoms with E-state index in [4.69, 9.17) is 4.74 Å². The molecule has 0 saturated carbocycles. The number of pyridine rings is 2. The quantitative estimate of drug-likeness (QED) is 0.946. The summed E-state index contributed by atoms with van der Waals surface area (Å²) in [6, 6.07) is 4.91. The Hall–Kier alpha value is -2.64. The number of nitrogens with one attached hydrogen (secondary N) is 1. The van der Waals surface area contributed by atoms with E-state index in [1.54, 1.807) is 12.1 Å². The highest BCUT2D eigenvalue weighted by Gasteiger charge is 2.32. The van der Waals surface area contributed by atoms with E-state index in [0.29, 0.717) is 11.6 Å². The molecule has 2 rings (SSSR count). The fourth-order valence-electron chi connectivity index (χ4n) is 1.47. The summed E-state index contributed by atoms with van der Waals surface area (Å²) in [6.45, 7) is 0. The highest BCUT2D eigenvalue weighted by molar-refractivity contribution is 6.03. The Bertz CT molecular complexity index is 625. The summed E-state index contributed by atoms with van der Waals surface area (Å²) in [5, 5.41) is 2.49. The van der Waals surface area contributed by atoms with Gasteiger partial charge in [-0.05, 0) is 18.2 Å². The van der Waals surface area contributed by atoms with Crippen LogP contribution in [0, 0.1) is 0 Å². The number of amides is 1. The van der Waals surface area contributed by atoms with Crippen LogP contribution in [0.25, 0.3) is 0 Å². The molecule has 8 heteroatoms. The van der Waals surface area contributed by atoms with E-state index in [0.717, 1.165) is 18.3 Å². The van der Waals surface area contributed by atoms with Gasteiger partial charge < -0.3 is 10.1 Å². The molecule has 0 radical (unpaired) electrons. The Kier molecular flexibility index (Phi) is 4.06. The van der Waals surface area contributed by atoms with Crippen LogP contribution in [-0.2, 0) is 6.18 Å². The minimum absolute atomic E-state index is 0.0128. The number of methoxy groups -OCH3 is 1. The maximum Gasteiger partial charge on any atom is 0.433 e. The molecule has 0 atom stereocenters. The number of ether oxygens (including phenoxy) is 1. The highest BCUT2D eigenvalue weighted by Crippen LogP contribution is 2.27. The minimum atomic E-state index is -4.53. The third kappa shape index (κ3) is 3.68. The molecule has 0 aliphatic rings. The van der Waals surface area contributed by atoms with Gasteiger partial charge >= 0.3 is 6.18 Å². The van der Waals surface area contributed by atoms with Gasteiger partial charge in [0.15, 0.2) is 0 Å². The summed E-state index contributed by atoms with van der Waals surface area (Å²) in [6.07, 6.45) is -2.29. The monoisotopic (exact) mass is 297 g/mol. The van der Waals surface area contributed by atoms with E-state index in [1.807, 2.05) is 0 Å². The first-order valence-corrected chi connectivity index (χ1v) is 5.75. The van der Waals surface area contributed by atoms with Crippen molar-refractivity contribution in [2.24, 2.45) is 0 Å². The fourth-order valence-corrected chi connectivity index (χ4v) is 1.47. The molecule has 0 aliphatic carbocycles. The maximum atomic E-state index is 12.4. The molecule has 2 aromatic heterocycles. The second-order valence-corrected chi connectivity index (χ2v) is 3.97. The van der Waals surface area contributed by atoms with Crippen molar-refractivity contribution >= 4 is 11.6 Å². The first kappa shape index (κ1) is 14.8. The lowest BCUT2D eigenvalue weighted by Gasteiger charge is -2.07. The number of carbonyl (C=O) groups is 1. The van der Waals surface area contributed by atoms with E-state index < -0.39 is 17.8 Å². The molecule has 0 spiro atoms. The van der Waals surface area contributed by atoms with E-state index in [1.165, 1.54) is 13.3 Å². The third-order valence-corrected chi connectivity index (χ3v) is 2.52. The topological polar surface area (TPSA) is 64.1 Å². The highest BCUT2D eigenvalue weighted by atomic mass is 19.4. The van der Waals surface area contributed by atoms with Gasteiger partial charge in [0, 0.05) is 12.3 Å².